The van der Waals surface area contributed by atoms with Crippen molar-refractivity contribution in [2.24, 2.45) is 0 Å². The fourth-order valence-corrected chi connectivity index (χ4v) is 2.74. The smallest absolute Gasteiger partial charge is 0.142 e. The first-order valence-corrected chi connectivity index (χ1v) is 7.48. The second-order valence-corrected chi connectivity index (χ2v) is 5.62. The molecule has 0 aliphatic carbocycles. The number of benzene rings is 1. The van der Waals surface area contributed by atoms with Crippen LogP contribution in [0.5, 0.6) is 0 Å². The van der Waals surface area contributed by atoms with E-state index in [-0.39, 0.29) is 23.0 Å². The molecule has 3 nitrogen and oxygen atoms in total. The van der Waals surface area contributed by atoms with Gasteiger partial charge in [0.05, 0.1) is 23.8 Å². The van der Waals surface area contributed by atoms with Crippen molar-refractivity contribution in [2.45, 2.75) is 25.5 Å². The molecule has 112 valence electrons. The van der Waals surface area contributed by atoms with Crippen molar-refractivity contribution in [3.63, 3.8) is 0 Å². The highest BCUT2D eigenvalue weighted by atomic mass is 35.5. The molecule has 2 atom stereocenters. The van der Waals surface area contributed by atoms with Gasteiger partial charge in [-0.1, -0.05) is 24.6 Å². The predicted molar refractivity (Wildman–Crippen MR) is 79.7 cm³/mol. The van der Waals surface area contributed by atoms with Gasteiger partial charge in [-0.3, -0.25) is 4.90 Å². The van der Waals surface area contributed by atoms with Crippen molar-refractivity contribution in [1.29, 1.82) is 0 Å². The Bertz CT molecular complexity index is 444. The molecule has 0 bridgehead atoms. The van der Waals surface area contributed by atoms with Crippen LogP contribution < -0.4 is 5.32 Å². The third-order valence-electron chi connectivity index (χ3n) is 3.66. The Morgan fingerprint density at radius 3 is 3.00 bits per heavy atom. The Labute approximate surface area is 125 Å². The Morgan fingerprint density at radius 1 is 1.50 bits per heavy atom. The van der Waals surface area contributed by atoms with E-state index in [0.29, 0.717) is 6.61 Å². The van der Waals surface area contributed by atoms with Crippen molar-refractivity contribution in [3.05, 3.63) is 34.6 Å². The first-order valence-electron chi connectivity index (χ1n) is 7.11. The van der Waals surface area contributed by atoms with Crippen molar-refractivity contribution >= 4 is 11.6 Å². The summed E-state index contributed by atoms with van der Waals surface area (Å²) in [6, 6.07) is 5.07. The van der Waals surface area contributed by atoms with Crippen molar-refractivity contribution in [1.82, 2.24) is 10.2 Å². The molecule has 5 heteroatoms. The molecule has 0 aromatic heterocycles. The number of nitrogens with one attached hydrogen (secondary N) is 1. The lowest BCUT2D eigenvalue weighted by Crippen LogP contribution is -2.47. The van der Waals surface area contributed by atoms with Gasteiger partial charge >= 0.3 is 0 Å². The number of nitrogens with zero attached hydrogens (tertiary/aromatic N) is 1. The molecule has 1 aliphatic heterocycles. The average molecular weight is 301 g/mol. The molecule has 1 N–H and O–H groups in total. The molecule has 1 fully saturated rings. The molecule has 20 heavy (non-hydrogen) atoms. The maximum absolute atomic E-state index is 13.7. The minimum Gasteiger partial charge on any atom is -0.374 e. The Hall–Kier alpha value is -0.680. The standard InChI is InChI=1S/C15H22ClFN2O/c1-3-6-18-10-14-15(19(2)7-8-20-14)11-4-5-12(16)13(17)9-11/h4-5,9,14-15,18H,3,6-8,10H2,1-2H3. The number of rotatable bonds is 5. The summed E-state index contributed by atoms with van der Waals surface area (Å²) in [4.78, 5) is 2.21. The first-order chi connectivity index (χ1) is 9.63. The lowest BCUT2D eigenvalue weighted by atomic mass is 9.98. The van der Waals surface area contributed by atoms with E-state index >= 15 is 0 Å². The molecule has 1 aromatic rings. The van der Waals surface area contributed by atoms with E-state index in [4.69, 9.17) is 16.3 Å². The second kappa shape index (κ2) is 7.36. The van der Waals surface area contributed by atoms with Gasteiger partial charge in [0, 0.05) is 13.1 Å². The van der Waals surface area contributed by atoms with Crippen LogP contribution in [0.15, 0.2) is 18.2 Å². The number of ether oxygens (including phenoxy) is 1. The highest BCUT2D eigenvalue weighted by Crippen LogP contribution is 2.30. The summed E-state index contributed by atoms with van der Waals surface area (Å²) in [7, 11) is 2.05. The molecule has 1 saturated heterocycles. The zero-order valence-corrected chi connectivity index (χ0v) is 12.8. The fourth-order valence-electron chi connectivity index (χ4n) is 2.62. The van der Waals surface area contributed by atoms with E-state index in [1.54, 1.807) is 6.07 Å². The quantitative estimate of drug-likeness (QED) is 0.846. The van der Waals surface area contributed by atoms with E-state index in [1.165, 1.54) is 6.07 Å². The lowest BCUT2D eigenvalue weighted by Gasteiger charge is -2.39. The summed E-state index contributed by atoms with van der Waals surface area (Å²) in [5.74, 6) is -0.372. The van der Waals surface area contributed by atoms with Crippen LogP contribution in [-0.4, -0.2) is 44.3 Å². The summed E-state index contributed by atoms with van der Waals surface area (Å²) in [5.41, 5.74) is 0.914. The van der Waals surface area contributed by atoms with Gasteiger partial charge in [-0.25, -0.2) is 4.39 Å². The SMILES string of the molecule is CCCNCC1OCCN(C)C1c1ccc(Cl)c(F)c1. The van der Waals surface area contributed by atoms with Gasteiger partial charge in [-0.15, -0.1) is 0 Å². The summed E-state index contributed by atoms with van der Waals surface area (Å²) in [6.07, 6.45) is 1.11. The van der Waals surface area contributed by atoms with Crippen LogP contribution >= 0.6 is 11.6 Å². The van der Waals surface area contributed by atoms with Gasteiger partial charge in [0.25, 0.3) is 0 Å². The number of halogens is 2. The van der Waals surface area contributed by atoms with E-state index < -0.39 is 0 Å². The van der Waals surface area contributed by atoms with Crippen molar-refractivity contribution < 1.29 is 9.13 Å². The number of hydrogen-bond acceptors (Lipinski definition) is 3. The summed E-state index contributed by atoms with van der Waals surface area (Å²) < 4.78 is 19.6. The van der Waals surface area contributed by atoms with Crippen molar-refractivity contribution in [2.75, 3.05) is 33.3 Å². The fraction of sp³-hybridized carbons (Fsp3) is 0.600. The average Bonchev–Trinajstić information content (AvgIpc) is 2.43. The summed E-state index contributed by atoms with van der Waals surface area (Å²) in [6.45, 7) is 5.42. The molecule has 1 aromatic carbocycles. The van der Waals surface area contributed by atoms with Crippen LogP contribution in [0.25, 0.3) is 0 Å². The number of hydrogen-bond donors (Lipinski definition) is 1. The van der Waals surface area contributed by atoms with E-state index in [1.807, 2.05) is 13.1 Å². The number of likely N-dealkylation sites (N-methyl/N-ethyl adjacent to an activating group) is 1. The van der Waals surface area contributed by atoms with Gasteiger partial charge in [0.15, 0.2) is 0 Å². The molecule has 2 unspecified atom stereocenters. The molecule has 0 saturated carbocycles. The van der Waals surface area contributed by atoms with Gasteiger partial charge in [0.1, 0.15) is 5.82 Å². The normalized spacial score (nSPS) is 24.0. The maximum Gasteiger partial charge on any atom is 0.142 e. The van der Waals surface area contributed by atoms with Gasteiger partial charge in [-0.2, -0.15) is 0 Å². The van der Waals surface area contributed by atoms with Crippen LogP contribution in [0.3, 0.4) is 0 Å². The molecule has 0 amide bonds. The van der Waals surface area contributed by atoms with E-state index in [2.05, 4.69) is 17.1 Å². The molecular weight excluding hydrogens is 279 g/mol. The van der Waals surface area contributed by atoms with Crippen LogP contribution in [0.2, 0.25) is 5.02 Å². The first kappa shape index (κ1) is 15.7. The van der Waals surface area contributed by atoms with Crippen molar-refractivity contribution in [3.8, 4) is 0 Å². The molecule has 0 spiro atoms. The maximum atomic E-state index is 13.7. The Morgan fingerprint density at radius 2 is 2.30 bits per heavy atom. The summed E-state index contributed by atoms with van der Waals surface area (Å²) >= 11 is 5.76. The number of morpholine rings is 1. The van der Waals surface area contributed by atoms with Crippen LogP contribution in [0, 0.1) is 5.82 Å². The Balaban J connectivity index is 2.15. The van der Waals surface area contributed by atoms with Gasteiger partial charge < -0.3 is 10.1 Å². The molecule has 0 radical (unpaired) electrons. The second-order valence-electron chi connectivity index (χ2n) is 5.21. The summed E-state index contributed by atoms with van der Waals surface area (Å²) in [5, 5.41) is 3.54. The van der Waals surface area contributed by atoms with Crippen LogP contribution in [-0.2, 0) is 4.74 Å². The molecular formula is C15H22ClFN2O. The predicted octanol–water partition coefficient (Wildman–Crippen LogP) is 2.85. The highest BCUT2D eigenvalue weighted by Gasteiger charge is 2.31. The monoisotopic (exact) mass is 300 g/mol. The van der Waals surface area contributed by atoms with Gasteiger partial charge in [-0.05, 0) is 37.7 Å². The van der Waals surface area contributed by atoms with Gasteiger partial charge in [0.2, 0.25) is 0 Å². The topological polar surface area (TPSA) is 24.5 Å². The largest absolute Gasteiger partial charge is 0.374 e. The third-order valence-corrected chi connectivity index (χ3v) is 3.97. The Kier molecular flexibility index (Phi) is 5.78. The highest BCUT2D eigenvalue weighted by molar-refractivity contribution is 6.30. The minimum atomic E-state index is -0.372. The lowest BCUT2D eigenvalue weighted by molar-refractivity contribution is -0.0613. The van der Waals surface area contributed by atoms with E-state index in [0.717, 1.165) is 31.6 Å². The molecule has 2 rings (SSSR count). The van der Waals surface area contributed by atoms with E-state index in [9.17, 15) is 4.39 Å². The molecule has 1 heterocycles. The minimum absolute atomic E-state index is 0.0286. The van der Waals surface area contributed by atoms with Crippen LogP contribution in [0.4, 0.5) is 4.39 Å². The zero-order valence-electron chi connectivity index (χ0n) is 12.0. The molecule has 1 aliphatic rings. The zero-order chi connectivity index (χ0) is 14.5. The van der Waals surface area contributed by atoms with Crippen LogP contribution in [0.1, 0.15) is 24.9 Å². The third kappa shape index (κ3) is 3.70.